The van der Waals surface area contributed by atoms with E-state index in [1.54, 1.807) is 14.0 Å². The van der Waals surface area contributed by atoms with Gasteiger partial charge < -0.3 is 14.8 Å². The molecule has 4 heteroatoms. The zero-order valence-corrected chi connectivity index (χ0v) is 15.6. The molecule has 0 fully saturated rings. The normalized spacial score (nSPS) is 12.1. The summed E-state index contributed by atoms with van der Waals surface area (Å²) in [6, 6.07) is 13.7. The average molecular weight is 341 g/mol. The largest absolute Gasteiger partial charge is 0.497 e. The smallest absolute Gasteiger partial charge is 0.253 e. The number of benzene rings is 2. The van der Waals surface area contributed by atoms with Gasteiger partial charge in [0.15, 0.2) is 0 Å². The van der Waals surface area contributed by atoms with E-state index in [1.165, 1.54) is 0 Å². The Morgan fingerprint density at radius 1 is 1.12 bits per heavy atom. The van der Waals surface area contributed by atoms with Crippen LogP contribution in [0.25, 0.3) is 0 Å². The van der Waals surface area contributed by atoms with Crippen LogP contribution in [0.3, 0.4) is 0 Å². The molecule has 0 aliphatic rings. The van der Waals surface area contributed by atoms with Crippen LogP contribution in [-0.4, -0.2) is 19.1 Å². The summed E-state index contributed by atoms with van der Waals surface area (Å²) in [6.45, 7) is 8.36. The van der Waals surface area contributed by atoms with E-state index in [9.17, 15) is 4.79 Å². The second-order valence-electron chi connectivity index (χ2n) is 6.49. The molecule has 25 heavy (non-hydrogen) atoms. The molecule has 2 aromatic rings. The first-order valence-electron chi connectivity index (χ1n) is 8.57. The van der Waals surface area contributed by atoms with E-state index in [-0.39, 0.29) is 5.91 Å². The second-order valence-corrected chi connectivity index (χ2v) is 6.49. The first-order chi connectivity index (χ1) is 11.9. The minimum Gasteiger partial charge on any atom is -0.497 e. The number of hydrogen-bond acceptors (Lipinski definition) is 3. The van der Waals surface area contributed by atoms with Crippen molar-refractivity contribution in [2.45, 2.75) is 46.3 Å². The summed E-state index contributed by atoms with van der Waals surface area (Å²) in [4.78, 5) is 12.5. The van der Waals surface area contributed by atoms with Crippen molar-refractivity contribution in [1.29, 1.82) is 0 Å². The molecule has 0 spiro atoms. The standard InChI is InChI=1S/C21H27NO3/c1-14(2)19-11-6-8-15(3)20(19)22-21(23)16(4)25-13-17-9-7-10-18(12-17)24-5/h6-12,14,16H,13H2,1-5H3,(H,22,23). The van der Waals surface area contributed by atoms with Gasteiger partial charge in [0.2, 0.25) is 0 Å². The lowest BCUT2D eigenvalue weighted by Crippen LogP contribution is -2.28. The number of anilines is 1. The average Bonchev–Trinajstić information content (AvgIpc) is 2.61. The molecular formula is C21H27NO3. The zero-order valence-electron chi connectivity index (χ0n) is 15.6. The lowest BCUT2D eigenvalue weighted by molar-refractivity contribution is -0.127. The highest BCUT2D eigenvalue weighted by molar-refractivity contribution is 5.95. The third-order valence-corrected chi connectivity index (χ3v) is 4.18. The van der Waals surface area contributed by atoms with Gasteiger partial charge in [-0.2, -0.15) is 0 Å². The Morgan fingerprint density at radius 2 is 1.84 bits per heavy atom. The van der Waals surface area contributed by atoms with Gasteiger partial charge in [-0.05, 0) is 48.6 Å². The molecule has 0 saturated carbocycles. The van der Waals surface area contributed by atoms with Crippen molar-refractivity contribution in [2.24, 2.45) is 0 Å². The molecule has 0 heterocycles. The topological polar surface area (TPSA) is 47.6 Å². The highest BCUT2D eigenvalue weighted by Crippen LogP contribution is 2.27. The van der Waals surface area contributed by atoms with Crippen LogP contribution >= 0.6 is 0 Å². The Hall–Kier alpha value is -2.33. The van der Waals surface area contributed by atoms with E-state index in [0.717, 1.165) is 28.1 Å². The van der Waals surface area contributed by atoms with Gasteiger partial charge in [0.1, 0.15) is 11.9 Å². The maximum Gasteiger partial charge on any atom is 0.253 e. The summed E-state index contributed by atoms with van der Waals surface area (Å²) in [5.41, 5.74) is 4.05. The molecule has 2 aromatic carbocycles. The number of nitrogens with one attached hydrogen (secondary N) is 1. The number of hydrogen-bond donors (Lipinski definition) is 1. The number of methoxy groups -OCH3 is 1. The summed E-state index contributed by atoms with van der Waals surface area (Å²) in [5, 5.41) is 3.03. The fourth-order valence-electron chi connectivity index (χ4n) is 2.63. The van der Waals surface area contributed by atoms with Crippen molar-refractivity contribution < 1.29 is 14.3 Å². The summed E-state index contributed by atoms with van der Waals surface area (Å²) in [5.74, 6) is 0.974. The molecule has 134 valence electrons. The van der Waals surface area contributed by atoms with Gasteiger partial charge in [0.05, 0.1) is 13.7 Å². The Kier molecular flexibility index (Phi) is 6.59. The van der Waals surface area contributed by atoms with Crippen molar-refractivity contribution in [3.63, 3.8) is 0 Å². The molecule has 0 aromatic heterocycles. The predicted octanol–water partition coefficient (Wildman–Crippen LogP) is 4.67. The molecule has 1 atom stereocenters. The summed E-state index contributed by atoms with van der Waals surface area (Å²) in [6.07, 6.45) is -0.550. The maximum atomic E-state index is 12.5. The third-order valence-electron chi connectivity index (χ3n) is 4.18. The molecule has 2 rings (SSSR count). The minimum absolute atomic E-state index is 0.140. The van der Waals surface area contributed by atoms with Crippen molar-refractivity contribution in [3.8, 4) is 5.75 Å². The van der Waals surface area contributed by atoms with Crippen molar-refractivity contribution in [1.82, 2.24) is 0 Å². The Morgan fingerprint density at radius 3 is 2.52 bits per heavy atom. The van der Waals surface area contributed by atoms with Crippen LogP contribution in [0, 0.1) is 6.92 Å². The van der Waals surface area contributed by atoms with Crippen LogP contribution in [0.1, 0.15) is 43.4 Å². The van der Waals surface area contributed by atoms with Gasteiger partial charge in [-0.1, -0.05) is 44.2 Å². The molecule has 0 radical (unpaired) electrons. The Balaban J connectivity index is 2.01. The van der Waals surface area contributed by atoms with E-state index >= 15 is 0 Å². The van der Waals surface area contributed by atoms with E-state index in [1.807, 2.05) is 43.3 Å². The van der Waals surface area contributed by atoms with Gasteiger partial charge >= 0.3 is 0 Å². The summed E-state index contributed by atoms with van der Waals surface area (Å²) in [7, 11) is 1.63. The molecule has 1 N–H and O–H groups in total. The molecule has 1 amide bonds. The fourth-order valence-corrected chi connectivity index (χ4v) is 2.63. The van der Waals surface area contributed by atoms with Crippen LogP contribution in [0.4, 0.5) is 5.69 Å². The first-order valence-corrected chi connectivity index (χ1v) is 8.57. The molecular weight excluding hydrogens is 314 g/mol. The van der Waals surface area contributed by atoms with E-state index in [4.69, 9.17) is 9.47 Å². The lowest BCUT2D eigenvalue weighted by Gasteiger charge is -2.19. The van der Waals surface area contributed by atoms with Crippen molar-refractivity contribution >= 4 is 11.6 Å². The number of aryl methyl sites for hydroxylation is 1. The molecule has 1 unspecified atom stereocenters. The number of rotatable bonds is 7. The van der Waals surface area contributed by atoms with E-state index in [0.29, 0.717) is 12.5 Å². The second kappa shape index (κ2) is 8.67. The molecule has 0 bridgehead atoms. The van der Waals surface area contributed by atoms with Crippen LogP contribution < -0.4 is 10.1 Å². The van der Waals surface area contributed by atoms with Crippen LogP contribution in [0.15, 0.2) is 42.5 Å². The number of ether oxygens (including phenoxy) is 2. The summed E-state index contributed by atoms with van der Waals surface area (Å²) < 4.78 is 10.9. The van der Waals surface area contributed by atoms with Gasteiger partial charge in [-0.3, -0.25) is 4.79 Å². The molecule has 0 saturated heterocycles. The van der Waals surface area contributed by atoms with Crippen LogP contribution in [-0.2, 0) is 16.1 Å². The first kappa shape index (κ1) is 19.0. The number of amides is 1. The fraction of sp³-hybridized carbons (Fsp3) is 0.381. The quantitative estimate of drug-likeness (QED) is 0.796. The van der Waals surface area contributed by atoms with Gasteiger partial charge in [0.25, 0.3) is 5.91 Å². The van der Waals surface area contributed by atoms with Crippen LogP contribution in [0.5, 0.6) is 5.75 Å². The van der Waals surface area contributed by atoms with Crippen LogP contribution in [0.2, 0.25) is 0 Å². The third kappa shape index (κ3) is 5.07. The number of carbonyl (C=O) groups excluding carboxylic acids is 1. The predicted molar refractivity (Wildman–Crippen MR) is 101 cm³/mol. The molecule has 0 aliphatic heterocycles. The SMILES string of the molecule is COc1cccc(COC(C)C(=O)Nc2c(C)cccc2C(C)C)c1. The minimum atomic E-state index is -0.550. The monoisotopic (exact) mass is 341 g/mol. The number of carbonyl (C=O) groups is 1. The van der Waals surface area contributed by atoms with Crippen molar-refractivity contribution in [3.05, 3.63) is 59.2 Å². The highest BCUT2D eigenvalue weighted by atomic mass is 16.5. The Labute approximate surface area is 150 Å². The van der Waals surface area contributed by atoms with Crippen molar-refractivity contribution in [2.75, 3.05) is 12.4 Å². The zero-order chi connectivity index (χ0) is 18.4. The van der Waals surface area contributed by atoms with Gasteiger partial charge in [-0.15, -0.1) is 0 Å². The molecule has 0 aliphatic carbocycles. The maximum absolute atomic E-state index is 12.5. The molecule has 4 nitrogen and oxygen atoms in total. The summed E-state index contributed by atoms with van der Waals surface area (Å²) >= 11 is 0. The number of para-hydroxylation sites is 1. The van der Waals surface area contributed by atoms with E-state index in [2.05, 4.69) is 25.2 Å². The lowest BCUT2D eigenvalue weighted by atomic mass is 9.98. The van der Waals surface area contributed by atoms with Gasteiger partial charge in [0, 0.05) is 5.69 Å². The van der Waals surface area contributed by atoms with E-state index < -0.39 is 6.10 Å². The van der Waals surface area contributed by atoms with Gasteiger partial charge in [-0.25, -0.2) is 0 Å². The Bertz CT molecular complexity index is 725. The highest BCUT2D eigenvalue weighted by Gasteiger charge is 2.17.